The first kappa shape index (κ1) is 20.1. The number of piperidine rings is 1. The molecule has 9 heteroatoms. The van der Waals surface area contributed by atoms with Crippen LogP contribution in [0.5, 0.6) is 0 Å². The fourth-order valence-electron chi connectivity index (χ4n) is 3.41. The van der Waals surface area contributed by atoms with Gasteiger partial charge < -0.3 is 10.2 Å². The van der Waals surface area contributed by atoms with E-state index in [1.807, 2.05) is 0 Å². The Morgan fingerprint density at radius 1 is 1.07 bits per heavy atom. The van der Waals surface area contributed by atoms with Gasteiger partial charge in [0.2, 0.25) is 5.01 Å². The summed E-state index contributed by atoms with van der Waals surface area (Å²) in [6, 6.07) is 11.2. The van der Waals surface area contributed by atoms with Crippen molar-refractivity contribution in [1.29, 1.82) is 0 Å². The molecule has 4 rings (SSSR count). The number of amides is 2. The summed E-state index contributed by atoms with van der Waals surface area (Å²) in [5.41, 5.74) is 0.643. The minimum Gasteiger partial charge on any atom is -0.338 e. The third-order valence-corrected chi connectivity index (χ3v) is 5.93. The fourth-order valence-corrected chi connectivity index (χ4v) is 4.27. The summed E-state index contributed by atoms with van der Waals surface area (Å²) in [7, 11) is 0. The van der Waals surface area contributed by atoms with Gasteiger partial charge >= 0.3 is 0 Å². The SMILES string of the molecule is O=C(Nc1cccc(F)c1)c1nnc([C@@H]2CCCN(C(=O)c3cccc(F)c3)C2)s1. The number of aromatic nitrogens is 2. The van der Waals surface area contributed by atoms with E-state index in [-0.39, 0.29) is 16.8 Å². The minimum atomic E-state index is -0.465. The number of carbonyl (C=O) groups excluding carboxylic acids is 2. The molecule has 3 aromatic rings. The maximum absolute atomic E-state index is 13.4. The maximum Gasteiger partial charge on any atom is 0.286 e. The van der Waals surface area contributed by atoms with Gasteiger partial charge in [-0.3, -0.25) is 9.59 Å². The number of halogens is 2. The molecule has 0 radical (unpaired) electrons. The number of nitrogens with one attached hydrogen (secondary N) is 1. The molecule has 1 saturated heterocycles. The average molecular weight is 428 g/mol. The van der Waals surface area contributed by atoms with Crippen molar-refractivity contribution in [3.8, 4) is 0 Å². The second-order valence-corrected chi connectivity index (χ2v) is 8.02. The average Bonchev–Trinajstić information content (AvgIpc) is 3.24. The van der Waals surface area contributed by atoms with Crippen molar-refractivity contribution in [1.82, 2.24) is 15.1 Å². The van der Waals surface area contributed by atoms with Gasteiger partial charge in [-0.15, -0.1) is 10.2 Å². The standard InChI is InChI=1S/C21H18F2N4O2S/c22-15-6-1-4-13(10-15)21(29)27-9-3-5-14(12-27)19-25-26-20(30-19)18(28)24-17-8-2-7-16(23)11-17/h1-2,4,6-8,10-11,14H,3,5,9,12H2,(H,24,28)/t14-/m1/s1. The van der Waals surface area contributed by atoms with Gasteiger partial charge in [-0.1, -0.05) is 23.5 Å². The number of hydrogen-bond donors (Lipinski definition) is 1. The molecule has 1 fully saturated rings. The first-order chi connectivity index (χ1) is 14.5. The van der Waals surface area contributed by atoms with Crippen molar-refractivity contribution < 1.29 is 18.4 Å². The van der Waals surface area contributed by atoms with Crippen molar-refractivity contribution in [2.75, 3.05) is 18.4 Å². The van der Waals surface area contributed by atoms with Gasteiger partial charge in [-0.2, -0.15) is 0 Å². The predicted molar refractivity (Wildman–Crippen MR) is 109 cm³/mol. The van der Waals surface area contributed by atoms with Gasteiger partial charge in [0.15, 0.2) is 0 Å². The van der Waals surface area contributed by atoms with Crippen molar-refractivity contribution in [3.63, 3.8) is 0 Å². The monoisotopic (exact) mass is 428 g/mol. The van der Waals surface area contributed by atoms with Crippen LogP contribution in [0, 0.1) is 11.6 Å². The molecule has 2 heterocycles. The molecule has 0 saturated carbocycles. The summed E-state index contributed by atoms with van der Waals surface area (Å²) in [5.74, 6) is -1.64. The Morgan fingerprint density at radius 3 is 2.60 bits per heavy atom. The molecule has 1 aliphatic heterocycles. The Balaban J connectivity index is 1.44. The van der Waals surface area contributed by atoms with E-state index in [0.717, 1.165) is 24.2 Å². The van der Waals surface area contributed by atoms with E-state index in [1.54, 1.807) is 17.0 Å². The first-order valence-electron chi connectivity index (χ1n) is 9.45. The van der Waals surface area contributed by atoms with Crippen LogP contribution in [0.3, 0.4) is 0 Å². The largest absolute Gasteiger partial charge is 0.338 e. The molecule has 1 N–H and O–H groups in total. The lowest BCUT2D eigenvalue weighted by atomic mass is 9.98. The predicted octanol–water partition coefficient (Wildman–Crippen LogP) is 4.09. The Kier molecular flexibility index (Phi) is 5.80. The zero-order valence-electron chi connectivity index (χ0n) is 15.8. The molecule has 0 bridgehead atoms. The van der Waals surface area contributed by atoms with Crippen molar-refractivity contribution in [2.24, 2.45) is 0 Å². The summed E-state index contributed by atoms with van der Waals surface area (Å²) in [6.07, 6.45) is 1.59. The molecular formula is C21H18F2N4O2S. The number of nitrogens with zero attached hydrogens (tertiary/aromatic N) is 3. The van der Waals surface area contributed by atoms with Gasteiger partial charge in [0.1, 0.15) is 16.6 Å². The maximum atomic E-state index is 13.4. The highest BCUT2D eigenvalue weighted by atomic mass is 32.1. The fraction of sp³-hybridized carbons (Fsp3) is 0.238. The molecule has 0 spiro atoms. The van der Waals surface area contributed by atoms with Gasteiger partial charge in [0.05, 0.1) is 0 Å². The summed E-state index contributed by atoms with van der Waals surface area (Å²) in [6.45, 7) is 1.01. The molecule has 1 aromatic heterocycles. The molecule has 0 unspecified atom stereocenters. The highest BCUT2D eigenvalue weighted by Gasteiger charge is 2.28. The van der Waals surface area contributed by atoms with Crippen LogP contribution in [0.25, 0.3) is 0 Å². The second kappa shape index (κ2) is 8.66. The molecule has 1 atom stereocenters. The third kappa shape index (κ3) is 4.51. The van der Waals surface area contributed by atoms with Crippen LogP contribution >= 0.6 is 11.3 Å². The molecule has 6 nitrogen and oxygen atoms in total. The first-order valence-corrected chi connectivity index (χ1v) is 10.3. The second-order valence-electron chi connectivity index (χ2n) is 7.01. The summed E-state index contributed by atoms with van der Waals surface area (Å²) < 4.78 is 26.7. The highest BCUT2D eigenvalue weighted by Crippen LogP contribution is 2.30. The number of rotatable bonds is 4. The molecule has 154 valence electrons. The van der Waals surface area contributed by atoms with E-state index in [1.165, 1.54) is 36.4 Å². The summed E-state index contributed by atoms with van der Waals surface area (Å²) >= 11 is 1.16. The zero-order valence-corrected chi connectivity index (χ0v) is 16.7. The normalized spacial score (nSPS) is 16.3. The Bertz CT molecular complexity index is 1090. The smallest absolute Gasteiger partial charge is 0.286 e. The molecule has 0 aliphatic carbocycles. The van der Waals surface area contributed by atoms with E-state index in [2.05, 4.69) is 15.5 Å². The van der Waals surface area contributed by atoms with Crippen molar-refractivity contribution >= 4 is 28.8 Å². The van der Waals surface area contributed by atoms with Crippen LogP contribution in [-0.4, -0.2) is 40.0 Å². The molecule has 30 heavy (non-hydrogen) atoms. The quantitative estimate of drug-likeness (QED) is 0.679. The van der Waals surface area contributed by atoms with E-state index in [4.69, 9.17) is 0 Å². The van der Waals surface area contributed by atoms with Crippen LogP contribution in [0.1, 0.15) is 43.9 Å². The Hall–Kier alpha value is -3.20. The lowest BCUT2D eigenvalue weighted by Crippen LogP contribution is -2.39. The van der Waals surface area contributed by atoms with Gasteiger partial charge in [-0.05, 0) is 49.2 Å². The topological polar surface area (TPSA) is 75.2 Å². The molecular weight excluding hydrogens is 410 g/mol. The zero-order chi connectivity index (χ0) is 21.1. The number of anilines is 1. The lowest BCUT2D eigenvalue weighted by Gasteiger charge is -2.31. The Labute approximate surface area is 175 Å². The van der Waals surface area contributed by atoms with E-state index >= 15 is 0 Å². The van der Waals surface area contributed by atoms with E-state index in [9.17, 15) is 18.4 Å². The minimum absolute atomic E-state index is 0.0514. The molecule has 2 aromatic carbocycles. The highest BCUT2D eigenvalue weighted by molar-refractivity contribution is 7.13. The van der Waals surface area contributed by atoms with Crippen LogP contribution in [-0.2, 0) is 0 Å². The number of hydrogen-bond acceptors (Lipinski definition) is 5. The summed E-state index contributed by atoms with van der Waals surface area (Å²) in [5, 5.41) is 11.5. The number of benzene rings is 2. The van der Waals surface area contributed by atoms with Gasteiger partial charge in [0, 0.05) is 30.3 Å². The lowest BCUT2D eigenvalue weighted by molar-refractivity contribution is 0.0706. The molecule has 1 aliphatic rings. The third-order valence-electron chi connectivity index (χ3n) is 4.85. The van der Waals surface area contributed by atoms with E-state index in [0.29, 0.717) is 29.3 Å². The van der Waals surface area contributed by atoms with Crippen LogP contribution in [0.2, 0.25) is 0 Å². The van der Waals surface area contributed by atoms with Crippen LogP contribution in [0.15, 0.2) is 48.5 Å². The van der Waals surface area contributed by atoms with Crippen molar-refractivity contribution in [3.05, 3.63) is 75.7 Å². The van der Waals surface area contributed by atoms with Crippen LogP contribution < -0.4 is 5.32 Å². The number of carbonyl (C=O) groups is 2. The number of likely N-dealkylation sites (tertiary alicyclic amines) is 1. The van der Waals surface area contributed by atoms with Crippen molar-refractivity contribution in [2.45, 2.75) is 18.8 Å². The van der Waals surface area contributed by atoms with E-state index < -0.39 is 17.5 Å². The summed E-state index contributed by atoms with van der Waals surface area (Å²) in [4.78, 5) is 26.8. The Morgan fingerprint density at radius 2 is 1.83 bits per heavy atom. The van der Waals surface area contributed by atoms with Crippen LogP contribution in [0.4, 0.5) is 14.5 Å². The van der Waals surface area contributed by atoms with Gasteiger partial charge in [-0.25, -0.2) is 8.78 Å². The van der Waals surface area contributed by atoms with Gasteiger partial charge in [0.25, 0.3) is 11.8 Å². The molecule has 2 amide bonds.